The van der Waals surface area contributed by atoms with Crippen LogP contribution in [0.3, 0.4) is 0 Å². The Hall–Kier alpha value is -1.69. The quantitative estimate of drug-likeness (QED) is 0.637. The molecular formula is C18H16Cl2N2O2S. The number of amides is 1. The van der Waals surface area contributed by atoms with E-state index in [-0.39, 0.29) is 5.91 Å². The molecule has 0 bridgehead atoms. The number of nitrogens with zero attached hydrogens (tertiary/aromatic N) is 2. The van der Waals surface area contributed by atoms with Crippen molar-refractivity contribution in [1.29, 1.82) is 0 Å². The number of hydrogen-bond acceptors (Lipinski definition) is 4. The second kappa shape index (κ2) is 7.68. The summed E-state index contributed by atoms with van der Waals surface area (Å²) in [6.07, 6.45) is 1.74. The normalized spacial score (nSPS) is 17.9. The minimum Gasteiger partial charge on any atom is -0.457 e. The summed E-state index contributed by atoms with van der Waals surface area (Å²) in [4.78, 5) is 19.1. The van der Waals surface area contributed by atoms with Crippen LogP contribution >= 0.6 is 35.0 Å². The summed E-state index contributed by atoms with van der Waals surface area (Å²) >= 11 is 13.4. The van der Waals surface area contributed by atoms with Gasteiger partial charge in [-0.2, -0.15) is 0 Å². The molecule has 0 atom stereocenters. The fourth-order valence-electron chi connectivity index (χ4n) is 2.40. The minimum absolute atomic E-state index is 0.0489. The monoisotopic (exact) mass is 394 g/mol. The first-order valence-electron chi connectivity index (χ1n) is 7.84. The molecule has 2 aromatic rings. The van der Waals surface area contributed by atoms with Crippen molar-refractivity contribution in [3.63, 3.8) is 0 Å². The Bertz CT molecular complexity index is 874. The van der Waals surface area contributed by atoms with E-state index in [0.29, 0.717) is 39.6 Å². The minimum atomic E-state index is -0.0489. The number of amidine groups is 1. The molecule has 1 aromatic carbocycles. The molecule has 3 rings (SSSR count). The van der Waals surface area contributed by atoms with E-state index in [2.05, 4.69) is 4.99 Å². The van der Waals surface area contributed by atoms with Gasteiger partial charge in [-0.25, -0.2) is 0 Å². The van der Waals surface area contributed by atoms with Gasteiger partial charge in [0.1, 0.15) is 11.5 Å². The van der Waals surface area contributed by atoms with Crippen LogP contribution in [-0.2, 0) is 4.79 Å². The van der Waals surface area contributed by atoms with E-state index < -0.39 is 0 Å². The van der Waals surface area contributed by atoms with Gasteiger partial charge >= 0.3 is 0 Å². The van der Waals surface area contributed by atoms with E-state index in [1.807, 2.05) is 32.0 Å². The number of carbonyl (C=O) groups is 1. The van der Waals surface area contributed by atoms with E-state index in [1.165, 1.54) is 11.8 Å². The van der Waals surface area contributed by atoms with Crippen molar-refractivity contribution in [2.24, 2.45) is 4.99 Å². The highest BCUT2D eigenvalue weighted by Crippen LogP contribution is 2.34. The number of aliphatic imine (C=N–C) groups is 1. The molecule has 0 aliphatic carbocycles. The highest BCUT2D eigenvalue weighted by molar-refractivity contribution is 8.18. The van der Waals surface area contributed by atoms with Gasteiger partial charge in [0.25, 0.3) is 5.91 Å². The molecule has 130 valence electrons. The van der Waals surface area contributed by atoms with Gasteiger partial charge in [0.15, 0.2) is 5.17 Å². The molecule has 1 amide bonds. The predicted octanol–water partition coefficient (Wildman–Crippen LogP) is 5.57. The lowest BCUT2D eigenvalue weighted by Crippen LogP contribution is -2.28. The van der Waals surface area contributed by atoms with Crippen LogP contribution in [0.2, 0.25) is 10.0 Å². The molecule has 1 aliphatic heterocycles. The molecule has 25 heavy (non-hydrogen) atoms. The van der Waals surface area contributed by atoms with Crippen molar-refractivity contribution in [1.82, 2.24) is 4.90 Å². The van der Waals surface area contributed by atoms with E-state index in [4.69, 9.17) is 27.6 Å². The van der Waals surface area contributed by atoms with Crippen molar-refractivity contribution in [2.75, 3.05) is 13.1 Å². The molecule has 0 unspecified atom stereocenters. The number of halogens is 2. The van der Waals surface area contributed by atoms with E-state index in [9.17, 15) is 4.79 Å². The summed E-state index contributed by atoms with van der Waals surface area (Å²) in [6, 6.07) is 8.98. The number of furan rings is 1. The van der Waals surface area contributed by atoms with Crippen LogP contribution in [0, 0.1) is 0 Å². The van der Waals surface area contributed by atoms with E-state index >= 15 is 0 Å². The standard InChI is InChI=1S/C18H16Cl2N2O2S/c1-3-21-18-22(4-2)17(23)16(25-18)10-12-6-8-15(24-12)11-5-7-13(19)14(20)9-11/h5-10H,3-4H2,1-2H3/b16-10+,21-18?. The van der Waals surface area contributed by atoms with Crippen molar-refractivity contribution in [3.8, 4) is 11.3 Å². The maximum absolute atomic E-state index is 12.5. The zero-order valence-electron chi connectivity index (χ0n) is 13.8. The average Bonchev–Trinajstić information content (AvgIpc) is 3.16. The molecule has 1 aliphatic rings. The van der Waals surface area contributed by atoms with Gasteiger partial charge < -0.3 is 4.42 Å². The lowest BCUT2D eigenvalue weighted by Gasteiger charge is -2.11. The van der Waals surface area contributed by atoms with Crippen LogP contribution in [0.4, 0.5) is 0 Å². The molecule has 1 fully saturated rings. The third-order valence-electron chi connectivity index (χ3n) is 3.60. The first-order chi connectivity index (χ1) is 12.0. The summed E-state index contributed by atoms with van der Waals surface area (Å²) in [7, 11) is 0. The summed E-state index contributed by atoms with van der Waals surface area (Å²) < 4.78 is 5.84. The third-order valence-corrected chi connectivity index (χ3v) is 5.39. The molecule has 0 saturated carbocycles. The number of hydrogen-bond donors (Lipinski definition) is 0. The van der Waals surface area contributed by atoms with Gasteiger partial charge in [-0.1, -0.05) is 23.2 Å². The van der Waals surface area contributed by atoms with Crippen LogP contribution in [0.5, 0.6) is 0 Å². The zero-order chi connectivity index (χ0) is 18.0. The maximum atomic E-state index is 12.5. The molecule has 2 heterocycles. The summed E-state index contributed by atoms with van der Waals surface area (Å²) in [5.41, 5.74) is 0.827. The second-order valence-corrected chi connectivity index (χ2v) is 7.07. The van der Waals surface area contributed by atoms with Crippen LogP contribution in [0.1, 0.15) is 19.6 Å². The Kier molecular flexibility index (Phi) is 5.57. The largest absolute Gasteiger partial charge is 0.457 e. The van der Waals surface area contributed by atoms with Crippen LogP contribution in [-0.4, -0.2) is 29.1 Å². The Balaban J connectivity index is 1.88. The van der Waals surface area contributed by atoms with Gasteiger partial charge in [0.2, 0.25) is 0 Å². The maximum Gasteiger partial charge on any atom is 0.266 e. The first-order valence-corrected chi connectivity index (χ1v) is 9.41. The Labute approximate surface area is 160 Å². The fraction of sp³-hybridized carbons (Fsp3) is 0.222. The van der Waals surface area contributed by atoms with Gasteiger partial charge in [0.05, 0.1) is 15.0 Å². The molecule has 0 N–H and O–H groups in total. The molecule has 1 saturated heterocycles. The molecule has 0 spiro atoms. The lowest BCUT2D eigenvalue weighted by molar-refractivity contribution is -0.122. The van der Waals surface area contributed by atoms with Gasteiger partial charge in [-0.05, 0) is 55.9 Å². The average molecular weight is 395 g/mol. The van der Waals surface area contributed by atoms with Crippen LogP contribution < -0.4 is 0 Å². The Morgan fingerprint density at radius 3 is 2.68 bits per heavy atom. The van der Waals surface area contributed by atoms with Crippen molar-refractivity contribution >= 4 is 52.1 Å². The van der Waals surface area contributed by atoms with Crippen molar-refractivity contribution in [3.05, 3.63) is 51.0 Å². The summed E-state index contributed by atoms with van der Waals surface area (Å²) in [6.45, 7) is 5.11. The van der Waals surface area contributed by atoms with E-state index in [0.717, 1.165) is 10.7 Å². The summed E-state index contributed by atoms with van der Waals surface area (Å²) in [5, 5.41) is 1.70. The highest BCUT2D eigenvalue weighted by Gasteiger charge is 2.32. The molecule has 0 radical (unpaired) electrons. The predicted molar refractivity (Wildman–Crippen MR) is 105 cm³/mol. The highest BCUT2D eigenvalue weighted by atomic mass is 35.5. The van der Waals surface area contributed by atoms with Gasteiger partial charge in [-0.3, -0.25) is 14.7 Å². The SMILES string of the molecule is CCN=C1S/C(=C/c2ccc(-c3ccc(Cl)c(Cl)c3)o2)C(=O)N1CC. The van der Waals surface area contributed by atoms with E-state index in [1.54, 1.807) is 23.1 Å². The number of carbonyl (C=O) groups excluding carboxylic acids is 1. The number of benzene rings is 1. The van der Waals surface area contributed by atoms with Gasteiger partial charge in [-0.15, -0.1) is 0 Å². The third kappa shape index (κ3) is 3.78. The smallest absolute Gasteiger partial charge is 0.266 e. The number of rotatable bonds is 4. The molecular weight excluding hydrogens is 379 g/mol. The summed E-state index contributed by atoms with van der Waals surface area (Å²) in [5.74, 6) is 1.22. The topological polar surface area (TPSA) is 45.8 Å². The molecule has 7 heteroatoms. The second-order valence-electron chi connectivity index (χ2n) is 5.25. The Morgan fingerprint density at radius 1 is 1.20 bits per heavy atom. The molecule has 1 aromatic heterocycles. The molecule has 4 nitrogen and oxygen atoms in total. The number of thioether (sulfide) groups is 1. The Morgan fingerprint density at radius 2 is 2.00 bits per heavy atom. The van der Waals surface area contributed by atoms with Crippen LogP contribution in [0.15, 0.2) is 44.6 Å². The zero-order valence-corrected chi connectivity index (χ0v) is 16.1. The van der Waals surface area contributed by atoms with Crippen LogP contribution in [0.25, 0.3) is 17.4 Å². The lowest BCUT2D eigenvalue weighted by atomic mass is 10.2. The number of likely N-dealkylation sites (N-methyl/N-ethyl adjacent to an activating group) is 1. The van der Waals surface area contributed by atoms with Gasteiger partial charge in [0, 0.05) is 24.7 Å². The first kappa shape index (κ1) is 18.1. The van der Waals surface area contributed by atoms with Crippen molar-refractivity contribution in [2.45, 2.75) is 13.8 Å². The fourth-order valence-corrected chi connectivity index (χ4v) is 3.79. The van der Waals surface area contributed by atoms with Crippen molar-refractivity contribution < 1.29 is 9.21 Å².